The van der Waals surface area contributed by atoms with Crippen LogP contribution in [0.1, 0.15) is 60.0 Å². The van der Waals surface area contributed by atoms with Crippen molar-refractivity contribution in [2.75, 3.05) is 92.3 Å². The second-order valence-corrected chi connectivity index (χ2v) is 19.5. The molecule has 5 rings (SSSR count). The topological polar surface area (TPSA) is 403 Å². The molecule has 412 valence electrons. The van der Waals surface area contributed by atoms with Crippen LogP contribution >= 0.6 is 0 Å². The normalized spacial score (nSPS) is 26.6. The molecule has 8 atom stereocenters. The highest BCUT2D eigenvalue weighted by Gasteiger charge is 2.37. The van der Waals surface area contributed by atoms with Crippen molar-refractivity contribution in [1.82, 2.24) is 57.7 Å². The SMILES string of the molecule is CN=CC1(NCc2ccc(C(=O)NCCCC[C@H]3NC(=O)[C@@H](CCCN=C(N)N)NC(=O)CNC(=O)[C@@H](CC(=O)O)NC(=O)[C@H](Cc4ccc(O)cc4)NC3=O)cc2)CNCCNCC(N)(CN)CN2CCN(C2)C1. The number of benzene rings is 2. The summed E-state index contributed by atoms with van der Waals surface area (Å²) in [5.74, 6) is -6.25. The first-order valence-corrected chi connectivity index (χ1v) is 25.3. The molecule has 3 aliphatic rings. The van der Waals surface area contributed by atoms with Gasteiger partial charge in [0.1, 0.15) is 29.9 Å². The van der Waals surface area contributed by atoms with Gasteiger partial charge in [-0.2, -0.15) is 0 Å². The first-order chi connectivity index (χ1) is 35.9. The number of phenolic OH excluding ortho intramolecular Hbond substituents is 1. The molecule has 19 N–H and O–H groups in total. The molecule has 0 saturated carbocycles. The summed E-state index contributed by atoms with van der Waals surface area (Å²) in [7, 11) is 1.77. The standard InChI is InChI=1S/C49H77N17O9/c1-54-27-49(28-56-18-17-55-26-48(53,25-50)29-65-19-20-66(30-49)31-65)60-23-33-7-11-34(12-8-33)42(71)57-15-3-2-5-37-45(74)63-38(21-32-9-13-35(67)14-10-32)46(75)64-39(22-41(69)70)43(72)59-24-40(68)61-36(44(73)62-37)6-4-16-58-47(51)52/h7-14,27,36-39,55-56,60,67H,2-6,15-26,28-31,50,53H2,1H3,(H,57,71)(H,59,72)(H,61,68)(H,62,73)(H,63,74)(H,64,75)(H,69,70)(H4,51,52,58)/t36-,37-,38+,39-,48?,49?/m1/s1. The van der Waals surface area contributed by atoms with Gasteiger partial charge in [-0.1, -0.05) is 24.3 Å². The number of hydrogen-bond donors (Lipinski definition) is 15. The molecule has 75 heavy (non-hydrogen) atoms. The fourth-order valence-electron chi connectivity index (χ4n) is 9.07. The summed E-state index contributed by atoms with van der Waals surface area (Å²) >= 11 is 0. The number of carboxylic acid groups (broad SMARTS) is 1. The molecular weight excluding hydrogens is 971 g/mol. The summed E-state index contributed by atoms with van der Waals surface area (Å²) in [6.07, 6.45) is 1.87. The Labute approximate surface area is 436 Å². The molecule has 2 bridgehead atoms. The van der Waals surface area contributed by atoms with Crippen molar-refractivity contribution in [3.05, 3.63) is 65.2 Å². The number of nitrogens with two attached hydrogens (primary N) is 4. The third-order valence-electron chi connectivity index (χ3n) is 13.1. The molecule has 3 fully saturated rings. The summed E-state index contributed by atoms with van der Waals surface area (Å²) in [6, 6.07) is 7.51. The van der Waals surface area contributed by atoms with E-state index in [2.05, 4.69) is 67.6 Å². The lowest BCUT2D eigenvalue weighted by molar-refractivity contribution is -0.141. The summed E-state index contributed by atoms with van der Waals surface area (Å²) in [5.41, 5.74) is 24.6. The molecule has 0 spiro atoms. The minimum absolute atomic E-state index is 0.0136. The number of carboxylic acids is 1. The molecule has 26 heteroatoms. The Morgan fingerprint density at radius 3 is 2.07 bits per heavy atom. The number of amides is 6. The van der Waals surface area contributed by atoms with E-state index >= 15 is 0 Å². The van der Waals surface area contributed by atoms with Crippen molar-refractivity contribution in [2.24, 2.45) is 32.9 Å². The summed E-state index contributed by atoms with van der Waals surface area (Å²) in [5, 5.41) is 45.8. The van der Waals surface area contributed by atoms with Crippen molar-refractivity contribution in [2.45, 2.75) is 86.7 Å². The van der Waals surface area contributed by atoms with E-state index in [0.717, 1.165) is 38.4 Å². The average Bonchev–Trinajstić information content (AvgIpc) is 3.81. The number of unbranched alkanes of at least 4 members (excludes halogenated alkanes) is 1. The second kappa shape index (κ2) is 29.3. The van der Waals surface area contributed by atoms with Crippen LogP contribution in [0, 0.1) is 0 Å². The van der Waals surface area contributed by atoms with Crippen LogP contribution in [-0.4, -0.2) is 201 Å². The van der Waals surface area contributed by atoms with Crippen LogP contribution in [0.5, 0.6) is 5.75 Å². The Morgan fingerprint density at radius 2 is 1.40 bits per heavy atom. The number of nitrogens with zero attached hydrogens (tertiary/aromatic N) is 4. The summed E-state index contributed by atoms with van der Waals surface area (Å²) in [6.45, 7) is 7.13. The smallest absolute Gasteiger partial charge is 0.305 e. The lowest BCUT2D eigenvalue weighted by atomic mass is 9.99. The number of carbonyl (C=O) groups is 7. The van der Waals surface area contributed by atoms with Crippen molar-refractivity contribution >= 4 is 53.6 Å². The molecule has 0 aromatic heterocycles. The minimum Gasteiger partial charge on any atom is -0.508 e. The van der Waals surface area contributed by atoms with E-state index in [-0.39, 0.29) is 56.4 Å². The Kier molecular flexibility index (Phi) is 23.1. The van der Waals surface area contributed by atoms with Crippen molar-refractivity contribution in [1.29, 1.82) is 0 Å². The molecule has 3 saturated heterocycles. The second-order valence-electron chi connectivity index (χ2n) is 19.5. The highest BCUT2D eigenvalue weighted by atomic mass is 16.4. The number of nitrogens with one attached hydrogen (secondary N) is 9. The van der Waals surface area contributed by atoms with E-state index in [1.54, 1.807) is 19.2 Å². The third kappa shape index (κ3) is 19.8. The van der Waals surface area contributed by atoms with Crippen LogP contribution in [0.25, 0.3) is 0 Å². The van der Waals surface area contributed by atoms with Gasteiger partial charge >= 0.3 is 5.97 Å². The number of carbonyl (C=O) groups excluding carboxylic acids is 6. The van der Waals surface area contributed by atoms with Gasteiger partial charge in [0.15, 0.2) is 5.96 Å². The molecular formula is C49H77N17O9. The van der Waals surface area contributed by atoms with Crippen LogP contribution in [-0.2, 0) is 41.7 Å². The monoisotopic (exact) mass is 1050 g/mol. The third-order valence-corrected chi connectivity index (χ3v) is 13.1. The molecule has 0 radical (unpaired) electrons. The minimum atomic E-state index is -1.65. The number of fused-ring (bicyclic) bond motifs is 2. The maximum absolute atomic E-state index is 14.2. The molecule has 2 aromatic rings. The maximum Gasteiger partial charge on any atom is 0.305 e. The van der Waals surface area contributed by atoms with Crippen molar-refractivity contribution in [3.8, 4) is 5.75 Å². The van der Waals surface area contributed by atoms with Gasteiger partial charge in [-0.15, -0.1) is 0 Å². The van der Waals surface area contributed by atoms with Gasteiger partial charge in [0, 0.05) is 104 Å². The van der Waals surface area contributed by atoms with Gasteiger partial charge in [0.2, 0.25) is 29.5 Å². The number of phenols is 1. The van der Waals surface area contributed by atoms with Crippen LogP contribution in [0.15, 0.2) is 58.5 Å². The maximum atomic E-state index is 14.2. The predicted molar refractivity (Wildman–Crippen MR) is 281 cm³/mol. The van der Waals surface area contributed by atoms with Crippen LogP contribution in [0.2, 0.25) is 0 Å². The molecule has 0 aliphatic carbocycles. The first kappa shape index (κ1) is 59.1. The van der Waals surface area contributed by atoms with E-state index in [1.165, 1.54) is 24.3 Å². The van der Waals surface area contributed by atoms with Gasteiger partial charge in [-0.25, -0.2) is 0 Å². The zero-order chi connectivity index (χ0) is 54.4. The van der Waals surface area contributed by atoms with Crippen LogP contribution in [0.4, 0.5) is 0 Å². The first-order valence-electron chi connectivity index (χ1n) is 25.3. The Hall–Kier alpha value is -6.81. The van der Waals surface area contributed by atoms with Crippen LogP contribution in [0.3, 0.4) is 0 Å². The number of aliphatic carboxylic acids is 1. The average molecular weight is 1050 g/mol. The fraction of sp³-hybridized carbons (Fsp3) is 0.571. The number of guanidine groups is 1. The molecule has 4 unspecified atom stereocenters. The number of rotatable bonds is 19. The van der Waals surface area contributed by atoms with Crippen molar-refractivity contribution in [3.63, 3.8) is 0 Å². The lowest BCUT2D eigenvalue weighted by Crippen LogP contribution is -2.61. The Balaban J connectivity index is 1.24. The highest BCUT2D eigenvalue weighted by Crippen LogP contribution is 2.17. The van der Waals surface area contributed by atoms with E-state index in [1.807, 2.05) is 18.3 Å². The number of hydrogen-bond acceptors (Lipinski definition) is 17. The van der Waals surface area contributed by atoms with Gasteiger partial charge in [0.05, 0.1) is 30.7 Å². The largest absolute Gasteiger partial charge is 0.508 e. The summed E-state index contributed by atoms with van der Waals surface area (Å²) < 4.78 is 0. The lowest BCUT2D eigenvalue weighted by Gasteiger charge is -2.36. The predicted octanol–water partition coefficient (Wildman–Crippen LogP) is -4.91. The molecule has 26 nitrogen and oxygen atoms in total. The zero-order valence-corrected chi connectivity index (χ0v) is 42.7. The van der Waals surface area contributed by atoms with Crippen LogP contribution < -0.4 is 70.8 Å². The quantitative estimate of drug-likeness (QED) is 0.0356. The van der Waals surface area contributed by atoms with Crippen molar-refractivity contribution < 1.29 is 43.8 Å². The van der Waals surface area contributed by atoms with E-state index in [9.17, 15) is 43.8 Å². The van der Waals surface area contributed by atoms with E-state index in [4.69, 9.17) is 22.9 Å². The fourth-order valence-corrected chi connectivity index (χ4v) is 9.07. The molecule has 6 amide bonds. The number of aromatic hydroxyl groups is 1. The van der Waals surface area contributed by atoms with Gasteiger partial charge in [-0.05, 0) is 67.5 Å². The van der Waals surface area contributed by atoms with E-state index in [0.29, 0.717) is 63.2 Å². The molecule has 2 aromatic carbocycles. The van der Waals surface area contributed by atoms with Gasteiger partial charge in [0.25, 0.3) is 5.91 Å². The van der Waals surface area contributed by atoms with Gasteiger partial charge in [-0.3, -0.25) is 53.3 Å². The zero-order valence-electron chi connectivity index (χ0n) is 42.7. The highest BCUT2D eigenvalue weighted by molar-refractivity contribution is 5.98. The molecule has 3 heterocycles. The van der Waals surface area contributed by atoms with Gasteiger partial charge < -0.3 is 81.0 Å². The van der Waals surface area contributed by atoms with E-state index < -0.39 is 83.7 Å². The molecule has 3 aliphatic heterocycles. The Bertz CT molecular complexity index is 2300. The number of aliphatic imine (C=N–C) groups is 2. The Morgan fingerprint density at radius 1 is 0.787 bits per heavy atom. The summed E-state index contributed by atoms with van der Waals surface area (Å²) in [4.78, 5) is 106.